The topological polar surface area (TPSA) is 29.0 Å². The lowest BCUT2D eigenvalue weighted by molar-refractivity contribution is 0.627. The van der Waals surface area contributed by atoms with E-state index in [1.54, 1.807) is 0 Å². The summed E-state index contributed by atoms with van der Waals surface area (Å²) in [4.78, 5) is 11.4. The van der Waals surface area contributed by atoms with Crippen molar-refractivity contribution < 1.29 is 0 Å². The molecule has 0 aliphatic rings. The third-order valence-electron chi connectivity index (χ3n) is 3.46. The van der Waals surface area contributed by atoms with Crippen molar-refractivity contribution in [2.45, 2.75) is 46.1 Å². The molecule has 108 valence electrons. The molecule has 0 aromatic carbocycles. The second kappa shape index (κ2) is 7.02. The average molecular weight is 336 g/mol. The first-order valence-corrected chi connectivity index (χ1v) is 8.09. The third-order valence-corrected chi connectivity index (χ3v) is 3.89. The highest BCUT2D eigenvalue weighted by Gasteiger charge is 2.14. The molecule has 0 N–H and O–H groups in total. The van der Waals surface area contributed by atoms with E-state index in [9.17, 15) is 0 Å². The van der Waals surface area contributed by atoms with Gasteiger partial charge in [0.25, 0.3) is 0 Å². The highest BCUT2D eigenvalue weighted by atomic mass is 79.9. The number of halogens is 1. The molecule has 20 heavy (non-hydrogen) atoms. The van der Waals surface area contributed by atoms with Crippen LogP contribution < -0.4 is 4.90 Å². The van der Waals surface area contributed by atoms with Crippen molar-refractivity contribution in [2.75, 3.05) is 11.4 Å². The summed E-state index contributed by atoms with van der Waals surface area (Å²) < 4.78 is 0.969. The zero-order valence-electron chi connectivity index (χ0n) is 12.4. The van der Waals surface area contributed by atoms with Gasteiger partial charge in [0.2, 0.25) is 0 Å². The predicted molar refractivity (Wildman–Crippen MR) is 89.2 cm³/mol. The second-order valence-electron chi connectivity index (χ2n) is 5.35. The van der Waals surface area contributed by atoms with Gasteiger partial charge >= 0.3 is 0 Å². The third kappa shape index (κ3) is 3.48. The SMILES string of the molecule is CCCCCN(c1ccnc2cc(Br)cnc12)C(C)C. The van der Waals surface area contributed by atoms with Crippen LogP contribution in [0.2, 0.25) is 0 Å². The highest BCUT2D eigenvalue weighted by Crippen LogP contribution is 2.27. The molecule has 0 aliphatic carbocycles. The summed E-state index contributed by atoms with van der Waals surface area (Å²) >= 11 is 3.46. The Balaban J connectivity index is 2.37. The Hall–Kier alpha value is -1.16. The molecule has 0 saturated heterocycles. The van der Waals surface area contributed by atoms with E-state index in [-0.39, 0.29) is 0 Å². The van der Waals surface area contributed by atoms with Crippen LogP contribution in [0.15, 0.2) is 29.0 Å². The van der Waals surface area contributed by atoms with Gasteiger partial charge in [-0.15, -0.1) is 0 Å². The monoisotopic (exact) mass is 335 g/mol. The van der Waals surface area contributed by atoms with Crippen LogP contribution in [0.5, 0.6) is 0 Å². The summed E-state index contributed by atoms with van der Waals surface area (Å²) in [5.41, 5.74) is 3.12. The van der Waals surface area contributed by atoms with Crippen LogP contribution in [-0.2, 0) is 0 Å². The van der Waals surface area contributed by atoms with E-state index in [4.69, 9.17) is 0 Å². The smallest absolute Gasteiger partial charge is 0.112 e. The maximum absolute atomic E-state index is 4.56. The number of fused-ring (bicyclic) bond motifs is 1. The van der Waals surface area contributed by atoms with Crippen LogP contribution in [-0.4, -0.2) is 22.6 Å². The van der Waals surface area contributed by atoms with Crippen molar-refractivity contribution in [3.8, 4) is 0 Å². The van der Waals surface area contributed by atoms with Gasteiger partial charge < -0.3 is 4.90 Å². The fourth-order valence-corrected chi connectivity index (χ4v) is 2.73. The fraction of sp³-hybridized carbons (Fsp3) is 0.500. The molecular formula is C16H22BrN3. The van der Waals surface area contributed by atoms with E-state index in [1.807, 2.05) is 18.5 Å². The van der Waals surface area contributed by atoms with Gasteiger partial charge in [0.15, 0.2) is 0 Å². The maximum atomic E-state index is 4.56. The molecule has 2 aromatic heterocycles. The molecule has 0 aliphatic heterocycles. The summed E-state index contributed by atoms with van der Waals surface area (Å²) in [7, 11) is 0. The normalized spacial score (nSPS) is 11.2. The molecule has 0 spiro atoms. The van der Waals surface area contributed by atoms with E-state index in [2.05, 4.69) is 57.6 Å². The van der Waals surface area contributed by atoms with E-state index in [0.717, 1.165) is 22.1 Å². The zero-order valence-corrected chi connectivity index (χ0v) is 14.0. The second-order valence-corrected chi connectivity index (χ2v) is 6.26. The number of unbranched alkanes of at least 4 members (excludes halogenated alkanes) is 2. The summed E-state index contributed by atoms with van der Waals surface area (Å²) in [6, 6.07) is 4.56. The Morgan fingerprint density at radius 2 is 2.05 bits per heavy atom. The molecule has 2 heterocycles. The number of aromatic nitrogens is 2. The fourth-order valence-electron chi connectivity index (χ4n) is 2.41. The highest BCUT2D eigenvalue weighted by molar-refractivity contribution is 9.10. The van der Waals surface area contributed by atoms with Crippen LogP contribution in [0.3, 0.4) is 0 Å². The lowest BCUT2D eigenvalue weighted by atomic mass is 10.2. The number of nitrogens with zero attached hydrogens (tertiary/aromatic N) is 3. The minimum absolute atomic E-state index is 0.461. The quantitative estimate of drug-likeness (QED) is 0.710. The van der Waals surface area contributed by atoms with Crippen molar-refractivity contribution >= 4 is 32.7 Å². The minimum Gasteiger partial charge on any atom is -0.367 e. The number of pyridine rings is 2. The summed E-state index contributed by atoms with van der Waals surface area (Å²) in [6.07, 6.45) is 7.45. The summed E-state index contributed by atoms with van der Waals surface area (Å²) in [5, 5.41) is 0. The van der Waals surface area contributed by atoms with Crippen molar-refractivity contribution in [2.24, 2.45) is 0 Å². The predicted octanol–water partition coefficient (Wildman–Crippen LogP) is 4.80. The molecule has 2 rings (SSSR count). The van der Waals surface area contributed by atoms with Crippen molar-refractivity contribution in [3.05, 3.63) is 29.0 Å². The largest absolute Gasteiger partial charge is 0.367 e. The van der Waals surface area contributed by atoms with Crippen LogP contribution in [0.25, 0.3) is 11.0 Å². The van der Waals surface area contributed by atoms with E-state index in [0.29, 0.717) is 6.04 Å². The number of hydrogen-bond donors (Lipinski definition) is 0. The van der Waals surface area contributed by atoms with Crippen molar-refractivity contribution in [1.82, 2.24) is 9.97 Å². The van der Waals surface area contributed by atoms with Crippen molar-refractivity contribution in [3.63, 3.8) is 0 Å². The molecule has 0 fully saturated rings. The molecule has 3 nitrogen and oxygen atoms in total. The van der Waals surface area contributed by atoms with Gasteiger partial charge in [0.05, 0.1) is 11.2 Å². The Kier molecular flexibility index (Phi) is 5.35. The summed E-state index contributed by atoms with van der Waals surface area (Å²) in [5.74, 6) is 0. The van der Waals surface area contributed by atoms with Gasteiger partial charge in [0.1, 0.15) is 5.52 Å². The molecule has 4 heteroatoms. The molecule has 0 radical (unpaired) electrons. The Bertz CT molecular complexity index is 569. The van der Waals surface area contributed by atoms with Gasteiger partial charge in [-0.25, -0.2) is 0 Å². The standard InChI is InChI=1S/C16H22BrN3/c1-4-5-6-9-20(12(2)3)15-7-8-18-14-10-13(17)11-19-16(14)15/h7-8,10-12H,4-6,9H2,1-3H3. The maximum Gasteiger partial charge on any atom is 0.112 e. The summed E-state index contributed by atoms with van der Waals surface area (Å²) in [6.45, 7) is 7.77. The van der Waals surface area contributed by atoms with Gasteiger partial charge in [-0.3, -0.25) is 9.97 Å². The minimum atomic E-state index is 0.461. The molecule has 2 aromatic rings. The molecule has 0 unspecified atom stereocenters. The molecule has 0 atom stereocenters. The number of rotatable bonds is 6. The van der Waals surface area contributed by atoms with Crippen LogP contribution in [0, 0.1) is 0 Å². The lowest BCUT2D eigenvalue weighted by Gasteiger charge is -2.29. The average Bonchev–Trinajstić information content (AvgIpc) is 2.42. The lowest BCUT2D eigenvalue weighted by Crippen LogP contribution is -2.32. The number of anilines is 1. The van der Waals surface area contributed by atoms with Gasteiger partial charge in [0, 0.05) is 29.5 Å². The van der Waals surface area contributed by atoms with E-state index >= 15 is 0 Å². The Morgan fingerprint density at radius 1 is 1.25 bits per heavy atom. The van der Waals surface area contributed by atoms with Gasteiger partial charge in [-0.1, -0.05) is 19.8 Å². The first kappa shape index (κ1) is 15.2. The molecule has 0 saturated carbocycles. The van der Waals surface area contributed by atoms with Gasteiger partial charge in [-0.2, -0.15) is 0 Å². The molecule has 0 bridgehead atoms. The molecular weight excluding hydrogens is 314 g/mol. The number of hydrogen-bond acceptors (Lipinski definition) is 3. The van der Waals surface area contributed by atoms with E-state index < -0.39 is 0 Å². The van der Waals surface area contributed by atoms with Gasteiger partial charge in [-0.05, 0) is 48.3 Å². The Labute approximate surface area is 129 Å². The first-order chi connectivity index (χ1) is 9.63. The zero-order chi connectivity index (χ0) is 14.5. The van der Waals surface area contributed by atoms with E-state index in [1.165, 1.54) is 24.9 Å². The molecule has 0 amide bonds. The van der Waals surface area contributed by atoms with Crippen molar-refractivity contribution in [1.29, 1.82) is 0 Å². The Morgan fingerprint density at radius 3 is 2.75 bits per heavy atom. The van der Waals surface area contributed by atoms with Crippen LogP contribution in [0.4, 0.5) is 5.69 Å². The first-order valence-electron chi connectivity index (χ1n) is 7.30. The van der Waals surface area contributed by atoms with Crippen LogP contribution in [0.1, 0.15) is 40.0 Å². The van der Waals surface area contributed by atoms with Crippen LogP contribution >= 0.6 is 15.9 Å².